The zero-order valence-electron chi connectivity index (χ0n) is 8.10. The van der Waals surface area contributed by atoms with Crippen LogP contribution in [0.2, 0.25) is 0 Å². The van der Waals surface area contributed by atoms with E-state index in [0.717, 1.165) is 11.3 Å². The van der Waals surface area contributed by atoms with Crippen LogP contribution in [-0.2, 0) is 16.5 Å². The third-order valence-corrected chi connectivity index (χ3v) is 4.29. The van der Waals surface area contributed by atoms with Crippen molar-refractivity contribution in [2.75, 3.05) is 0 Å². The molecule has 80 valence electrons. The summed E-state index contributed by atoms with van der Waals surface area (Å²) in [5.41, 5.74) is 1.75. The number of hydrogen-bond acceptors (Lipinski definition) is 4. The van der Waals surface area contributed by atoms with E-state index in [9.17, 15) is 8.42 Å². The maximum atomic E-state index is 10.9. The van der Waals surface area contributed by atoms with E-state index < -0.39 is 15.4 Å². The molecule has 0 fully saturated rings. The van der Waals surface area contributed by atoms with Gasteiger partial charge >= 0.3 is 0 Å². The molecule has 0 aliphatic carbocycles. The first kappa shape index (κ1) is 11.6. The molecule has 0 radical (unpaired) electrons. The first-order valence-electron chi connectivity index (χ1n) is 4.31. The van der Waals surface area contributed by atoms with Crippen molar-refractivity contribution in [3.8, 4) is 0 Å². The highest BCUT2D eigenvalue weighted by Crippen LogP contribution is 2.16. The van der Waals surface area contributed by atoms with E-state index in [2.05, 4.69) is 4.37 Å². The van der Waals surface area contributed by atoms with E-state index in [0.29, 0.717) is 12.8 Å². The van der Waals surface area contributed by atoms with E-state index in [1.54, 1.807) is 6.92 Å². The van der Waals surface area contributed by atoms with E-state index in [1.807, 2.05) is 12.3 Å². The van der Waals surface area contributed by atoms with Gasteiger partial charge in [-0.05, 0) is 36.9 Å². The Morgan fingerprint density at radius 3 is 2.64 bits per heavy atom. The van der Waals surface area contributed by atoms with E-state index in [4.69, 9.17) is 4.55 Å². The fourth-order valence-corrected chi connectivity index (χ4v) is 2.75. The summed E-state index contributed by atoms with van der Waals surface area (Å²) in [6.45, 7) is 3.58. The normalized spacial score (nSPS) is 14.2. The van der Waals surface area contributed by atoms with Crippen LogP contribution in [0.25, 0.3) is 0 Å². The van der Waals surface area contributed by atoms with Crippen molar-refractivity contribution in [2.45, 2.75) is 31.9 Å². The topological polar surface area (TPSA) is 67.3 Å². The maximum Gasteiger partial charge on any atom is 0.268 e. The molecule has 0 amide bonds. The average Bonchev–Trinajstić information content (AvgIpc) is 2.45. The summed E-state index contributed by atoms with van der Waals surface area (Å²) in [4.78, 5) is 0. The number of rotatable bonds is 4. The van der Waals surface area contributed by atoms with Gasteiger partial charge in [0.15, 0.2) is 0 Å². The van der Waals surface area contributed by atoms with Crippen LogP contribution in [0.4, 0.5) is 0 Å². The monoisotopic (exact) mass is 235 g/mol. The second-order valence-electron chi connectivity index (χ2n) is 3.17. The minimum atomic E-state index is -3.93. The van der Waals surface area contributed by atoms with Gasteiger partial charge in [-0.3, -0.25) is 4.55 Å². The van der Waals surface area contributed by atoms with Gasteiger partial charge in [0.2, 0.25) is 0 Å². The van der Waals surface area contributed by atoms with Gasteiger partial charge in [0, 0.05) is 5.38 Å². The molecule has 1 aromatic heterocycles. The Balaban J connectivity index is 2.82. The molecule has 1 heterocycles. The quantitative estimate of drug-likeness (QED) is 0.806. The van der Waals surface area contributed by atoms with Crippen LogP contribution in [0.15, 0.2) is 5.38 Å². The number of nitrogens with zero attached hydrogens (tertiary/aromatic N) is 1. The summed E-state index contributed by atoms with van der Waals surface area (Å²) < 4.78 is 34.9. The van der Waals surface area contributed by atoms with Crippen LogP contribution in [-0.4, -0.2) is 22.6 Å². The lowest BCUT2D eigenvalue weighted by Gasteiger charge is -2.10. The molecule has 1 aromatic rings. The molecule has 1 atom stereocenters. The standard InChI is InChI=1S/C8H13NO3S2/c1-3-8(14(10,11)12)4-7-5-13-9-6(7)2/h5,8H,3-4H2,1-2H3,(H,10,11,12). The molecule has 0 aromatic carbocycles. The van der Waals surface area contributed by atoms with Crippen molar-refractivity contribution in [3.05, 3.63) is 16.6 Å². The number of aromatic nitrogens is 1. The highest BCUT2D eigenvalue weighted by atomic mass is 32.2. The largest absolute Gasteiger partial charge is 0.285 e. The summed E-state index contributed by atoms with van der Waals surface area (Å²) in [5, 5.41) is 1.11. The molecule has 4 nitrogen and oxygen atoms in total. The van der Waals surface area contributed by atoms with Crippen LogP contribution < -0.4 is 0 Å². The van der Waals surface area contributed by atoms with Crippen LogP contribution in [0.3, 0.4) is 0 Å². The third kappa shape index (κ3) is 2.76. The molecule has 1 N–H and O–H groups in total. The summed E-state index contributed by atoms with van der Waals surface area (Å²) in [5.74, 6) is 0. The van der Waals surface area contributed by atoms with Crippen LogP contribution >= 0.6 is 11.5 Å². The van der Waals surface area contributed by atoms with Gasteiger partial charge in [-0.15, -0.1) is 0 Å². The highest BCUT2D eigenvalue weighted by Gasteiger charge is 2.22. The molecule has 0 aliphatic heterocycles. The van der Waals surface area contributed by atoms with Gasteiger partial charge in [0.25, 0.3) is 10.1 Å². The van der Waals surface area contributed by atoms with Crippen molar-refractivity contribution in [2.24, 2.45) is 0 Å². The molecule has 0 spiro atoms. The van der Waals surface area contributed by atoms with E-state index in [-0.39, 0.29) is 0 Å². The Labute approximate surface area is 87.9 Å². The summed E-state index contributed by atoms with van der Waals surface area (Å²) in [6.07, 6.45) is 0.756. The molecule has 14 heavy (non-hydrogen) atoms. The Kier molecular flexibility index (Phi) is 3.63. The van der Waals surface area contributed by atoms with Crippen molar-refractivity contribution in [3.63, 3.8) is 0 Å². The van der Waals surface area contributed by atoms with E-state index in [1.165, 1.54) is 11.5 Å². The van der Waals surface area contributed by atoms with Crippen molar-refractivity contribution >= 4 is 21.7 Å². The lowest BCUT2D eigenvalue weighted by molar-refractivity contribution is 0.463. The van der Waals surface area contributed by atoms with Gasteiger partial charge < -0.3 is 0 Å². The SMILES string of the molecule is CCC(Cc1csnc1C)S(=O)(=O)O. The fourth-order valence-electron chi connectivity index (χ4n) is 1.21. The lowest BCUT2D eigenvalue weighted by Crippen LogP contribution is -2.22. The molecule has 0 aliphatic rings. The Morgan fingerprint density at radius 2 is 2.29 bits per heavy atom. The van der Waals surface area contributed by atoms with Crippen LogP contribution in [0.1, 0.15) is 24.6 Å². The van der Waals surface area contributed by atoms with Gasteiger partial charge in [-0.25, -0.2) is 0 Å². The minimum Gasteiger partial charge on any atom is -0.285 e. The summed E-state index contributed by atoms with van der Waals surface area (Å²) in [6, 6.07) is 0. The highest BCUT2D eigenvalue weighted by molar-refractivity contribution is 7.86. The van der Waals surface area contributed by atoms with Crippen molar-refractivity contribution < 1.29 is 13.0 Å². The second-order valence-corrected chi connectivity index (χ2v) is 5.50. The molecule has 1 unspecified atom stereocenters. The molecular weight excluding hydrogens is 222 g/mol. The first-order valence-corrected chi connectivity index (χ1v) is 6.65. The first-order chi connectivity index (χ1) is 6.45. The fraction of sp³-hybridized carbons (Fsp3) is 0.625. The molecule has 1 rings (SSSR count). The van der Waals surface area contributed by atoms with Gasteiger partial charge in [-0.1, -0.05) is 6.92 Å². The molecule has 0 bridgehead atoms. The van der Waals surface area contributed by atoms with Crippen LogP contribution in [0, 0.1) is 6.92 Å². The Morgan fingerprint density at radius 1 is 1.64 bits per heavy atom. The van der Waals surface area contributed by atoms with Gasteiger partial charge in [0.05, 0.1) is 10.9 Å². The van der Waals surface area contributed by atoms with Crippen molar-refractivity contribution in [1.29, 1.82) is 0 Å². The molecule has 6 heteroatoms. The van der Waals surface area contributed by atoms with Crippen LogP contribution in [0.5, 0.6) is 0 Å². The smallest absolute Gasteiger partial charge is 0.268 e. The zero-order chi connectivity index (χ0) is 10.8. The zero-order valence-corrected chi connectivity index (χ0v) is 9.73. The molecular formula is C8H13NO3S2. The summed E-state index contributed by atoms with van der Waals surface area (Å²) >= 11 is 1.30. The summed E-state index contributed by atoms with van der Waals surface area (Å²) in [7, 11) is -3.93. The van der Waals surface area contributed by atoms with Gasteiger partial charge in [0.1, 0.15) is 0 Å². The predicted octanol–water partition coefficient (Wildman–Crippen LogP) is 1.66. The second kappa shape index (κ2) is 4.37. The number of aryl methyl sites for hydroxylation is 1. The minimum absolute atomic E-state index is 0.345. The van der Waals surface area contributed by atoms with Gasteiger partial charge in [-0.2, -0.15) is 12.8 Å². The molecule has 0 saturated heterocycles. The Bertz CT molecular complexity index is 396. The third-order valence-electron chi connectivity index (χ3n) is 2.17. The number of hydrogen-bond donors (Lipinski definition) is 1. The Hall–Kier alpha value is -0.460. The lowest BCUT2D eigenvalue weighted by atomic mass is 10.1. The molecule has 0 saturated carbocycles. The maximum absolute atomic E-state index is 10.9. The van der Waals surface area contributed by atoms with Crippen molar-refractivity contribution in [1.82, 2.24) is 4.37 Å². The van der Waals surface area contributed by atoms with E-state index >= 15 is 0 Å². The average molecular weight is 235 g/mol. The predicted molar refractivity (Wildman–Crippen MR) is 56.2 cm³/mol.